The maximum absolute atomic E-state index is 4.28. The molecular weight excluding hydrogens is 174 g/mol. The van der Waals surface area contributed by atoms with Crippen LogP contribution in [0, 0.1) is 6.92 Å². The van der Waals surface area contributed by atoms with E-state index < -0.39 is 0 Å². The molecule has 0 N–H and O–H groups in total. The van der Waals surface area contributed by atoms with Crippen molar-refractivity contribution in [1.82, 2.24) is 15.0 Å². The quantitative estimate of drug-likeness (QED) is 0.688. The summed E-state index contributed by atoms with van der Waals surface area (Å²) in [4.78, 5) is 12.8. The van der Waals surface area contributed by atoms with Gasteiger partial charge in [0, 0.05) is 17.3 Å². The van der Waals surface area contributed by atoms with Crippen molar-refractivity contribution in [2.24, 2.45) is 0 Å². The normalized spacial score (nSPS) is 11.1. The van der Waals surface area contributed by atoms with Crippen LogP contribution in [-0.4, -0.2) is 15.0 Å². The van der Waals surface area contributed by atoms with Crippen LogP contribution in [0.1, 0.15) is 31.2 Å². The predicted octanol–water partition coefficient (Wildman–Crippen LogP) is 2.46. The topological polar surface area (TPSA) is 38.7 Å². The Morgan fingerprint density at radius 2 is 1.93 bits per heavy atom. The molecule has 3 heteroatoms. The highest BCUT2D eigenvalue weighted by Gasteiger charge is 2.07. The van der Waals surface area contributed by atoms with Crippen molar-refractivity contribution in [3.05, 3.63) is 30.0 Å². The fraction of sp³-hybridized carbons (Fsp3) is 0.364. The first-order valence-corrected chi connectivity index (χ1v) is 4.75. The van der Waals surface area contributed by atoms with Crippen LogP contribution >= 0.6 is 0 Å². The molecule has 0 amide bonds. The Bertz CT molecular complexity index is 463. The number of aryl methyl sites for hydroxylation is 1. The van der Waals surface area contributed by atoms with Crippen LogP contribution in [0.25, 0.3) is 10.9 Å². The number of hydrogen-bond donors (Lipinski definition) is 0. The molecule has 14 heavy (non-hydrogen) atoms. The van der Waals surface area contributed by atoms with Gasteiger partial charge in [-0.3, -0.25) is 4.98 Å². The van der Waals surface area contributed by atoms with Crippen molar-refractivity contribution in [3.63, 3.8) is 0 Å². The fourth-order valence-corrected chi connectivity index (χ4v) is 1.53. The summed E-state index contributed by atoms with van der Waals surface area (Å²) in [5, 5.41) is 1.06. The highest BCUT2D eigenvalue weighted by atomic mass is 14.8. The number of hydrogen-bond acceptors (Lipinski definition) is 3. The molecule has 72 valence electrons. The van der Waals surface area contributed by atoms with Crippen LogP contribution in [0.2, 0.25) is 0 Å². The van der Waals surface area contributed by atoms with Gasteiger partial charge >= 0.3 is 0 Å². The van der Waals surface area contributed by atoms with Gasteiger partial charge < -0.3 is 0 Å². The number of pyridine rings is 1. The average Bonchev–Trinajstić information content (AvgIpc) is 2.16. The standard InChI is InChI=1S/C11H13N3/c1-7(2)11-9-5-12-8(3)4-10(9)13-6-14-11/h4-7H,1-3H3. The van der Waals surface area contributed by atoms with E-state index in [2.05, 4.69) is 28.8 Å². The zero-order chi connectivity index (χ0) is 10.1. The lowest BCUT2D eigenvalue weighted by Crippen LogP contribution is -1.96. The van der Waals surface area contributed by atoms with E-state index in [1.807, 2.05) is 19.2 Å². The molecule has 0 bridgehead atoms. The van der Waals surface area contributed by atoms with Crippen molar-refractivity contribution in [2.45, 2.75) is 26.7 Å². The van der Waals surface area contributed by atoms with E-state index >= 15 is 0 Å². The molecule has 0 fully saturated rings. The van der Waals surface area contributed by atoms with Gasteiger partial charge in [-0.25, -0.2) is 9.97 Å². The van der Waals surface area contributed by atoms with Gasteiger partial charge in [-0.05, 0) is 18.9 Å². The molecule has 0 saturated heterocycles. The molecule has 0 saturated carbocycles. The SMILES string of the molecule is Cc1cc2ncnc(C(C)C)c2cn1. The average molecular weight is 187 g/mol. The molecule has 0 aromatic carbocycles. The van der Waals surface area contributed by atoms with Gasteiger partial charge in [0.2, 0.25) is 0 Å². The van der Waals surface area contributed by atoms with Gasteiger partial charge in [-0.2, -0.15) is 0 Å². The lowest BCUT2D eigenvalue weighted by Gasteiger charge is -2.07. The maximum atomic E-state index is 4.28. The molecule has 0 radical (unpaired) electrons. The zero-order valence-corrected chi connectivity index (χ0v) is 8.65. The van der Waals surface area contributed by atoms with Crippen LogP contribution < -0.4 is 0 Å². The van der Waals surface area contributed by atoms with E-state index in [-0.39, 0.29) is 0 Å². The minimum Gasteiger partial charge on any atom is -0.261 e. The van der Waals surface area contributed by atoms with Crippen LogP contribution in [0.5, 0.6) is 0 Å². The lowest BCUT2D eigenvalue weighted by atomic mass is 10.1. The second kappa shape index (κ2) is 3.33. The van der Waals surface area contributed by atoms with Gasteiger partial charge in [0.05, 0.1) is 11.2 Å². The third-order valence-electron chi connectivity index (χ3n) is 2.24. The third kappa shape index (κ3) is 1.45. The van der Waals surface area contributed by atoms with Crippen LogP contribution in [0.15, 0.2) is 18.6 Å². The first-order valence-electron chi connectivity index (χ1n) is 4.75. The van der Waals surface area contributed by atoms with E-state index in [0.29, 0.717) is 5.92 Å². The lowest BCUT2D eigenvalue weighted by molar-refractivity contribution is 0.827. The molecular formula is C11H13N3. The molecule has 0 unspecified atom stereocenters. The largest absolute Gasteiger partial charge is 0.261 e. The van der Waals surface area contributed by atoms with Crippen LogP contribution in [0.3, 0.4) is 0 Å². The fourth-order valence-electron chi connectivity index (χ4n) is 1.53. The van der Waals surface area contributed by atoms with Crippen LogP contribution in [0.4, 0.5) is 0 Å². The predicted molar refractivity (Wildman–Crippen MR) is 56.2 cm³/mol. The Morgan fingerprint density at radius 1 is 1.14 bits per heavy atom. The molecule has 2 heterocycles. The summed E-state index contributed by atoms with van der Waals surface area (Å²) >= 11 is 0. The number of aromatic nitrogens is 3. The number of nitrogens with zero attached hydrogens (tertiary/aromatic N) is 3. The van der Waals surface area contributed by atoms with E-state index in [1.165, 1.54) is 0 Å². The smallest absolute Gasteiger partial charge is 0.116 e. The van der Waals surface area contributed by atoms with E-state index in [9.17, 15) is 0 Å². The number of fused-ring (bicyclic) bond motifs is 1. The minimum atomic E-state index is 0.407. The summed E-state index contributed by atoms with van der Waals surface area (Å²) in [5.74, 6) is 0.407. The van der Waals surface area contributed by atoms with E-state index in [4.69, 9.17) is 0 Å². The highest BCUT2D eigenvalue weighted by Crippen LogP contribution is 2.20. The van der Waals surface area contributed by atoms with Gasteiger partial charge in [-0.15, -0.1) is 0 Å². The van der Waals surface area contributed by atoms with Crippen molar-refractivity contribution in [2.75, 3.05) is 0 Å². The first kappa shape index (κ1) is 9.06. The Hall–Kier alpha value is -1.51. The summed E-state index contributed by atoms with van der Waals surface area (Å²) in [6, 6.07) is 1.99. The van der Waals surface area contributed by atoms with Gasteiger partial charge in [0.25, 0.3) is 0 Å². The van der Waals surface area contributed by atoms with Crippen LogP contribution in [-0.2, 0) is 0 Å². The third-order valence-corrected chi connectivity index (χ3v) is 2.24. The zero-order valence-electron chi connectivity index (χ0n) is 8.65. The van der Waals surface area contributed by atoms with Crippen molar-refractivity contribution in [1.29, 1.82) is 0 Å². The monoisotopic (exact) mass is 187 g/mol. The van der Waals surface area contributed by atoms with Gasteiger partial charge in [0.15, 0.2) is 0 Å². The summed E-state index contributed by atoms with van der Waals surface area (Å²) < 4.78 is 0. The van der Waals surface area contributed by atoms with E-state index in [1.54, 1.807) is 6.33 Å². The summed E-state index contributed by atoms with van der Waals surface area (Å²) in [6.07, 6.45) is 3.48. The maximum Gasteiger partial charge on any atom is 0.116 e. The molecule has 2 rings (SSSR count). The Balaban J connectivity index is 2.75. The molecule has 0 atom stereocenters. The van der Waals surface area contributed by atoms with Gasteiger partial charge in [0.1, 0.15) is 6.33 Å². The highest BCUT2D eigenvalue weighted by molar-refractivity contribution is 5.80. The van der Waals surface area contributed by atoms with Gasteiger partial charge in [-0.1, -0.05) is 13.8 Å². The molecule has 0 spiro atoms. The molecule has 0 aliphatic heterocycles. The number of rotatable bonds is 1. The molecule has 2 aromatic rings. The second-order valence-corrected chi connectivity index (χ2v) is 3.76. The van der Waals surface area contributed by atoms with Crippen molar-refractivity contribution >= 4 is 10.9 Å². The first-order chi connectivity index (χ1) is 6.68. The van der Waals surface area contributed by atoms with Crippen molar-refractivity contribution < 1.29 is 0 Å². The summed E-state index contributed by atoms with van der Waals surface area (Å²) in [5.41, 5.74) is 3.05. The second-order valence-electron chi connectivity index (χ2n) is 3.76. The summed E-state index contributed by atoms with van der Waals surface area (Å²) in [7, 11) is 0. The van der Waals surface area contributed by atoms with E-state index in [0.717, 1.165) is 22.3 Å². The Morgan fingerprint density at radius 3 is 2.64 bits per heavy atom. The summed E-state index contributed by atoms with van der Waals surface area (Å²) in [6.45, 7) is 6.22. The molecule has 0 aliphatic carbocycles. The molecule has 2 aromatic heterocycles. The molecule has 3 nitrogen and oxygen atoms in total. The Labute approximate surface area is 83.2 Å². The molecule has 0 aliphatic rings. The minimum absolute atomic E-state index is 0.407. The Kier molecular flexibility index (Phi) is 2.15. The van der Waals surface area contributed by atoms with Crippen molar-refractivity contribution in [3.8, 4) is 0 Å².